The van der Waals surface area contributed by atoms with E-state index in [1.54, 1.807) is 32.9 Å². The molecule has 2 aromatic rings. The second-order valence-electron chi connectivity index (χ2n) is 5.82. The zero-order chi connectivity index (χ0) is 17.0. The van der Waals surface area contributed by atoms with Crippen molar-refractivity contribution in [3.8, 4) is 11.3 Å². The van der Waals surface area contributed by atoms with E-state index in [9.17, 15) is 9.59 Å². The summed E-state index contributed by atoms with van der Waals surface area (Å²) < 4.78 is 10.4. The summed E-state index contributed by atoms with van der Waals surface area (Å²) in [7, 11) is 0. The van der Waals surface area contributed by atoms with E-state index in [1.165, 1.54) is 6.26 Å². The van der Waals surface area contributed by atoms with Crippen LogP contribution < -0.4 is 10.6 Å². The van der Waals surface area contributed by atoms with Crippen molar-refractivity contribution >= 4 is 17.8 Å². The number of aryl methyl sites for hydroxylation is 1. The highest BCUT2D eigenvalue weighted by Crippen LogP contribution is 2.26. The minimum atomic E-state index is -0.906. The molecule has 0 saturated heterocycles. The number of aromatic nitrogens is 1. The number of hydrogen-bond acceptors (Lipinski definition) is 5. The molecule has 2 rings (SSSR count). The van der Waals surface area contributed by atoms with Gasteiger partial charge in [-0.05, 0) is 33.3 Å². The van der Waals surface area contributed by atoms with Gasteiger partial charge in [-0.1, -0.05) is 5.16 Å². The molecule has 124 valence electrons. The van der Waals surface area contributed by atoms with Crippen LogP contribution in [0.2, 0.25) is 0 Å². The normalized spacial score (nSPS) is 11.3. The van der Waals surface area contributed by atoms with Gasteiger partial charge in [0.1, 0.15) is 5.76 Å². The number of hydrogen-bond donors (Lipinski definition) is 3. The number of amides is 2. The molecule has 8 nitrogen and oxygen atoms in total. The van der Waals surface area contributed by atoms with Crippen molar-refractivity contribution in [2.24, 2.45) is 0 Å². The Morgan fingerprint density at radius 2 is 2.13 bits per heavy atom. The van der Waals surface area contributed by atoms with Gasteiger partial charge < -0.3 is 19.4 Å². The number of aliphatic carboxylic acids is 1. The quantitative estimate of drug-likeness (QED) is 0.752. The molecule has 0 aliphatic heterocycles. The Hall–Kier alpha value is -2.77. The Kier molecular flexibility index (Phi) is 4.73. The first-order valence-electron chi connectivity index (χ1n) is 7.09. The van der Waals surface area contributed by atoms with Crippen LogP contribution in [0.3, 0.4) is 0 Å². The van der Waals surface area contributed by atoms with E-state index in [-0.39, 0.29) is 12.2 Å². The topological polar surface area (TPSA) is 118 Å². The maximum absolute atomic E-state index is 12.0. The van der Waals surface area contributed by atoms with E-state index in [0.717, 1.165) is 5.56 Å². The van der Waals surface area contributed by atoms with E-state index < -0.39 is 17.5 Å². The Balaban J connectivity index is 1.95. The number of carbonyl (C=O) groups excluding carboxylic acids is 1. The molecule has 2 amide bonds. The van der Waals surface area contributed by atoms with Crippen LogP contribution in [0.5, 0.6) is 0 Å². The Labute approximate surface area is 132 Å². The third-order valence-electron chi connectivity index (χ3n) is 3.29. The molecule has 0 aromatic carbocycles. The van der Waals surface area contributed by atoms with Crippen LogP contribution in [0.1, 0.15) is 32.4 Å². The molecule has 2 heterocycles. The Bertz CT molecular complexity index is 702. The number of furan rings is 1. The fourth-order valence-corrected chi connectivity index (χ4v) is 2.04. The molecule has 0 radical (unpaired) electrons. The van der Waals surface area contributed by atoms with Crippen LogP contribution in [0.4, 0.5) is 10.6 Å². The number of anilines is 1. The summed E-state index contributed by atoms with van der Waals surface area (Å²) >= 11 is 0. The third kappa shape index (κ3) is 4.60. The summed E-state index contributed by atoms with van der Waals surface area (Å²) in [6.07, 6.45) is 1.83. The van der Waals surface area contributed by atoms with E-state index in [0.29, 0.717) is 17.9 Å². The highest BCUT2D eigenvalue weighted by Gasteiger charge is 2.22. The zero-order valence-electron chi connectivity index (χ0n) is 13.2. The monoisotopic (exact) mass is 321 g/mol. The van der Waals surface area contributed by atoms with Gasteiger partial charge in [-0.15, -0.1) is 0 Å². The van der Waals surface area contributed by atoms with Crippen molar-refractivity contribution in [2.75, 3.05) is 5.32 Å². The lowest BCUT2D eigenvalue weighted by Gasteiger charge is -2.25. The molecule has 0 bridgehead atoms. The van der Waals surface area contributed by atoms with Gasteiger partial charge in [0.15, 0.2) is 11.6 Å². The number of rotatable bonds is 6. The molecule has 0 unspecified atom stereocenters. The smallest absolute Gasteiger partial charge is 0.320 e. The fraction of sp³-hybridized carbons (Fsp3) is 0.400. The number of nitrogens with one attached hydrogen (secondary N) is 2. The second-order valence-corrected chi connectivity index (χ2v) is 5.82. The molecule has 3 N–H and O–H groups in total. The average molecular weight is 321 g/mol. The van der Waals surface area contributed by atoms with Crippen LogP contribution >= 0.6 is 0 Å². The standard InChI is InChI=1S/C15H19N3O5/c1-9-10(5-7-22-9)11-8-12(18-23-11)16-14(21)17-15(2,3)6-4-13(19)20/h5,7-8H,4,6H2,1-3H3,(H,19,20)(H2,16,17,18,21). The van der Waals surface area contributed by atoms with Crippen molar-refractivity contribution < 1.29 is 23.6 Å². The molecule has 0 spiro atoms. The molecule has 0 saturated carbocycles. The highest BCUT2D eigenvalue weighted by atomic mass is 16.5. The van der Waals surface area contributed by atoms with Crippen molar-refractivity contribution in [3.63, 3.8) is 0 Å². The maximum atomic E-state index is 12.0. The first kappa shape index (κ1) is 16.6. The SMILES string of the molecule is Cc1occc1-c1cc(NC(=O)NC(C)(C)CCC(=O)O)no1. The van der Waals surface area contributed by atoms with Crippen molar-refractivity contribution in [1.29, 1.82) is 0 Å². The van der Waals surface area contributed by atoms with Gasteiger partial charge in [0.05, 0.1) is 11.8 Å². The van der Waals surface area contributed by atoms with Crippen molar-refractivity contribution in [2.45, 2.75) is 39.2 Å². The van der Waals surface area contributed by atoms with E-state index in [2.05, 4.69) is 15.8 Å². The summed E-state index contributed by atoms with van der Waals surface area (Å²) in [6, 6.07) is 2.85. The van der Waals surface area contributed by atoms with Crippen LogP contribution in [0, 0.1) is 6.92 Å². The predicted molar refractivity (Wildman–Crippen MR) is 82.0 cm³/mol. The molecule has 23 heavy (non-hydrogen) atoms. The molecule has 2 aromatic heterocycles. The largest absolute Gasteiger partial charge is 0.481 e. The molecule has 8 heteroatoms. The fourth-order valence-electron chi connectivity index (χ4n) is 2.04. The third-order valence-corrected chi connectivity index (χ3v) is 3.29. The molecule has 0 fully saturated rings. The summed E-state index contributed by atoms with van der Waals surface area (Å²) in [5, 5.41) is 17.7. The molecule has 0 aliphatic carbocycles. The van der Waals surface area contributed by atoms with Gasteiger partial charge in [0.25, 0.3) is 0 Å². The lowest BCUT2D eigenvalue weighted by atomic mass is 9.99. The first-order chi connectivity index (χ1) is 10.8. The van der Waals surface area contributed by atoms with E-state index >= 15 is 0 Å². The maximum Gasteiger partial charge on any atom is 0.320 e. The summed E-state index contributed by atoms with van der Waals surface area (Å²) in [5.41, 5.74) is 0.101. The van der Waals surface area contributed by atoms with Gasteiger partial charge in [-0.3, -0.25) is 10.1 Å². The van der Waals surface area contributed by atoms with Gasteiger partial charge in [0.2, 0.25) is 0 Å². The number of nitrogens with zero attached hydrogens (tertiary/aromatic N) is 1. The van der Waals surface area contributed by atoms with Crippen LogP contribution in [0.15, 0.2) is 27.3 Å². The predicted octanol–water partition coefficient (Wildman–Crippen LogP) is 3.01. The lowest BCUT2D eigenvalue weighted by molar-refractivity contribution is -0.137. The first-order valence-corrected chi connectivity index (χ1v) is 7.09. The highest BCUT2D eigenvalue weighted by molar-refractivity contribution is 5.89. The van der Waals surface area contributed by atoms with Gasteiger partial charge in [0, 0.05) is 18.0 Å². The molecular formula is C15H19N3O5. The van der Waals surface area contributed by atoms with Crippen LogP contribution in [0.25, 0.3) is 11.3 Å². The molecular weight excluding hydrogens is 302 g/mol. The zero-order valence-corrected chi connectivity index (χ0v) is 13.2. The van der Waals surface area contributed by atoms with Crippen LogP contribution in [-0.4, -0.2) is 27.8 Å². The van der Waals surface area contributed by atoms with Crippen molar-refractivity contribution in [3.05, 3.63) is 24.2 Å². The Morgan fingerprint density at radius 3 is 2.74 bits per heavy atom. The lowest BCUT2D eigenvalue weighted by Crippen LogP contribution is -2.45. The van der Waals surface area contributed by atoms with Crippen LogP contribution in [-0.2, 0) is 4.79 Å². The number of urea groups is 1. The Morgan fingerprint density at radius 1 is 1.39 bits per heavy atom. The van der Waals surface area contributed by atoms with Crippen molar-refractivity contribution in [1.82, 2.24) is 10.5 Å². The summed E-state index contributed by atoms with van der Waals surface area (Å²) in [6.45, 7) is 5.29. The molecule has 0 aliphatic rings. The van der Waals surface area contributed by atoms with E-state index in [1.807, 2.05) is 0 Å². The van der Waals surface area contributed by atoms with Gasteiger partial charge in [-0.2, -0.15) is 0 Å². The van der Waals surface area contributed by atoms with Gasteiger partial charge >= 0.3 is 12.0 Å². The number of carboxylic acid groups (broad SMARTS) is 1. The average Bonchev–Trinajstić information content (AvgIpc) is 3.04. The molecule has 0 atom stereocenters. The second kappa shape index (κ2) is 6.55. The number of carbonyl (C=O) groups is 2. The number of carboxylic acids is 1. The minimum Gasteiger partial charge on any atom is -0.481 e. The summed E-state index contributed by atoms with van der Waals surface area (Å²) in [5.74, 6) is 0.521. The minimum absolute atomic E-state index is 0.0266. The van der Waals surface area contributed by atoms with Gasteiger partial charge in [-0.25, -0.2) is 4.79 Å². The summed E-state index contributed by atoms with van der Waals surface area (Å²) in [4.78, 5) is 22.6. The van der Waals surface area contributed by atoms with E-state index in [4.69, 9.17) is 14.0 Å².